The molecule has 2 nitrogen and oxygen atoms in total. The molecular formula is C28H32BrNO. The van der Waals surface area contributed by atoms with Crippen LogP contribution in [0.25, 0.3) is 0 Å². The molecule has 4 atom stereocenters. The van der Waals surface area contributed by atoms with Crippen LogP contribution in [0.4, 0.5) is 0 Å². The Morgan fingerprint density at radius 1 is 1.16 bits per heavy atom. The molecule has 4 unspecified atom stereocenters. The van der Waals surface area contributed by atoms with Crippen LogP contribution in [0.3, 0.4) is 0 Å². The maximum atomic E-state index is 13.3. The van der Waals surface area contributed by atoms with Crippen LogP contribution in [0.1, 0.15) is 62.1 Å². The molecular weight excluding hydrogens is 446 g/mol. The van der Waals surface area contributed by atoms with Gasteiger partial charge in [0.1, 0.15) is 5.71 Å². The molecule has 162 valence electrons. The van der Waals surface area contributed by atoms with Crippen LogP contribution < -0.4 is 0 Å². The van der Waals surface area contributed by atoms with Crippen LogP contribution in [-0.2, 0) is 17.6 Å². The number of Topliss-reactive ketones (excluding diaryl/α,β-unsaturated/α-hetero) is 1. The second-order valence-electron chi connectivity index (χ2n) is 9.52. The van der Waals surface area contributed by atoms with Crippen molar-refractivity contribution in [1.29, 1.82) is 5.41 Å². The summed E-state index contributed by atoms with van der Waals surface area (Å²) < 4.78 is 0.976. The molecule has 0 amide bonds. The highest BCUT2D eigenvalue weighted by molar-refractivity contribution is 9.10. The van der Waals surface area contributed by atoms with Crippen molar-refractivity contribution in [3.05, 3.63) is 81.8 Å². The summed E-state index contributed by atoms with van der Waals surface area (Å²) in [6.45, 7) is 8.78. The summed E-state index contributed by atoms with van der Waals surface area (Å²) in [5.74, 6) is 0.818. The van der Waals surface area contributed by atoms with Gasteiger partial charge in [-0.3, -0.25) is 10.2 Å². The minimum Gasteiger partial charge on any atom is -0.297 e. The van der Waals surface area contributed by atoms with Gasteiger partial charge in [0.2, 0.25) is 0 Å². The highest BCUT2D eigenvalue weighted by atomic mass is 79.9. The Morgan fingerprint density at radius 2 is 1.90 bits per heavy atom. The molecule has 0 heterocycles. The Labute approximate surface area is 194 Å². The number of nitrogens with one attached hydrogen (secondary N) is 1. The summed E-state index contributed by atoms with van der Waals surface area (Å²) in [6.07, 6.45) is 6.19. The SMILES string of the molecule is C=C1C(=N)C(=O)C(c2cc(CC)ccc2Br)C12CCC(CCc1ccccc1)C(C)C2. The molecule has 0 radical (unpaired) electrons. The zero-order valence-corrected chi connectivity index (χ0v) is 20.2. The molecule has 2 aromatic carbocycles. The lowest BCUT2D eigenvalue weighted by Crippen LogP contribution is -2.37. The van der Waals surface area contributed by atoms with E-state index < -0.39 is 0 Å². The van der Waals surface area contributed by atoms with Crippen molar-refractivity contribution < 1.29 is 4.79 Å². The van der Waals surface area contributed by atoms with Gasteiger partial charge in [0.15, 0.2) is 5.78 Å². The Hall–Kier alpha value is -2.00. The van der Waals surface area contributed by atoms with Crippen LogP contribution in [0.15, 0.2) is 65.2 Å². The maximum Gasteiger partial charge on any atom is 0.189 e. The lowest BCUT2D eigenvalue weighted by atomic mass is 9.58. The van der Waals surface area contributed by atoms with Gasteiger partial charge in [0.05, 0.1) is 5.92 Å². The third-order valence-corrected chi connectivity index (χ3v) is 8.56. The molecule has 2 fully saturated rings. The first-order chi connectivity index (χ1) is 14.9. The molecule has 4 rings (SSSR count). The first-order valence-corrected chi connectivity index (χ1v) is 12.3. The fraction of sp³-hybridized carbons (Fsp3) is 0.429. The van der Waals surface area contributed by atoms with Crippen molar-refractivity contribution in [2.45, 2.75) is 58.3 Å². The van der Waals surface area contributed by atoms with Crippen LogP contribution in [0, 0.1) is 22.7 Å². The Morgan fingerprint density at radius 3 is 2.58 bits per heavy atom. The van der Waals surface area contributed by atoms with Crippen LogP contribution >= 0.6 is 15.9 Å². The van der Waals surface area contributed by atoms with E-state index in [1.807, 2.05) is 0 Å². The Balaban J connectivity index is 1.61. The van der Waals surface area contributed by atoms with Gasteiger partial charge < -0.3 is 0 Å². The van der Waals surface area contributed by atoms with E-state index in [0.29, 0.717) is 11.8 Å². The summed E-state index contributed by atoms with van der Waals surface area (Å²) in [5, 5.41) is 8.52. The zero-order valence-electron chi connectivity index (χ0n) is 18.6. The monoisotopic (exact) mass is 477 g/mol. The average Bonchev–Trinajstić information content (AvgIpc) is 2.95. The summed E-state index contributed by atoms with van der Waals surface area (Å²) in [7, 11) is 0. The lowest BCUT2D eigenvalue weighted by molar-refractivity contribution is -0.116. The number of hydrogen-bond donors (Lipinski definition) is 1. The summed E-state index contributed by atoms with van der Waals surface area (Å²) in [4.78, 5) is 13.3. The van der Waals surface area contributed by atoms with E-state index in [0.717, 1.165) is 47.7 Å². The number of allylic oxidation sites excluding steroid dienone is 1. The quantitative estimate of drug-likeness (QED) is 0.481. The molecule has 2 aliphatic rings. The molecule has 0 bridgehead atoms. The van der Waals surface area contributed by atoms with E-state index in [1.165, 1.54) is 17.5 Å². The maximum absolute atomic E-state index is 13.3. The summed E-state index contributed by atoms with van der Waals surface area (Å²) in [6, 6.07) is 17.1. The van der Waals surface area contributed by atoms with Gasteiger partial charge in [-0.05, 0) is 78.7 Å². The van der Waals surface area contributed by atoms with Gasteiger partial charge in [-0.15, -0.1) is 0 Å². The predicted octanol–water partition coefficient (Wildman–Crippen LogP) is 7.31. The van der Waals surface area contributed by atoms with Crippen molar-refractivity contribution in [2.75, 3.05) is 0 Å². The third kappa shape index (κ3) is 3.98. The Kier molecular flexibility index (Phi) is 6.35. The lowest BCUT2D eigenvalue weighted by Gasteiger charge is -2.45. The largest absolute Gasteiger partial charge is 0.297 e. The van der Waals surface area contributed by atoms with Crippen LogP contribution in [0.2, 0.25) is 0 Å². The summed E-state index contributed by atoms with van der Waals surface area (Å²) in [5.41, 5.74) is 4.28. The smallest absolute Gasteiger partial charge is 0.189 e. The standard InChI is InChI=1S/C28H32BrNO/c1-4-20-11-13-24(29)23(16-20)25-27(31)26(30)19(3)28(25)15-14-22(18(2)17-28)12-10-21-8-6-5-7-9-21/h5-9,11,13,16,18,22,25,30H,3-4,10,12,14-15,17H2,1-2H3. The molecule has 3 heteroatoms. The number of ketones is 1. The first kappa shape index (κ1) is 22.2. The molecule has 2 saturated carbocycles. The van der Waals surface area contributed by atoms with E-state index >= 15 is 0 Å². The van der Waals surface area contributed by atoms with Crippen molar-refractivity contribution in [1.82, 2.24) is 0 Å². The second-order valence-corrected chi connectivity index (χ2v) is 10.4. The fourth-order valence-electron chi connectivity index (χ4n) is 5.97. The van der Waals surface area contributed by atoms with Gasteiger partial charge in [0, 0.05) is 9.89 Å². The van der Waals surface area contributed by atoms with Crippen LogP contribution in [0.5, 0.6) is 0 Å². The number of carbonyl (C=O) groups is 1. The Bertz CT molecular complexity index is 1010. The fourth-order valence-corrected chi connectivity index (χ4v) is 6.45. The van der Waals surface area contributed by atoms with E-state index in [-0.39, 0.29) is 22.8 Å². The highest BCUT2D eigenvalue weighted by Crippen LogP contribution is 2.60. The molecule has 0 aromatic heterocycles. The van der Waals surface area contributed by atoms with Gasteiger partial charge in [-0.1, -0.05) is 78.8 Å². The number of aryl methyl sites for hydroxylation is 2. The van der Waals surface area contributed by atoms with Crippen LogP contribution in [-0.4, -0.2) is 11.5 Å². The summed E-state index contributed by atoms with van der Waals surface area (Å²) >= 11 is 3.71. The minimum absolute atomic E-state index is 0.0473. The molecule has 1 spiro atoms. The molecule has 2 aliphatic carbocycles. The molecule has 2 aromatic rings. The molecule has 0 saturated heterocycles. The van der Waals surface area contributed by atoms with Gasteiger partial charge >= 0.3 is 0 Å². The topological polar surface area (TPSA) is 40.9 Å². The van der Waals surface area contributed by atoms with E-state index in [9.17, 15) is 4.79 Å². The number of benzene rings is 2. The second kappa shape index (κ2) is 8.86. The minimum atomic E-state index is -0.314. The van der Waals surface area contributed by atoms with Gasteiger partial charge in [-0.2, -0.15) is 0 Å². The van der Waals surface area contributed by atoms with Crippen molar-refractivity contribution >= 4 is 27.4 Å². The molecule has 31 heavy (non-hydrogen) atoms. The van der Waals surface area contributed by atoms with Gasteiger partial charge in [-0.25, -0.2) is 0 Å². The normalized spacial score (nSPS) is 28.5. The third-order valence-electron chi connectivity index (χ3n) is 7.84. The van der Waals surface area contributed by atoms with Gasteiger partial charge in [0.25, 0.3) is 0 Å². The average molecular weight is 478 g/mol. The number of hydrogen-bond acceptors (Lipinski definition) is 2. The number of halogens is 1. The molecule has 1 N–H and O–H groups in total. The number of carbonyl (C=O) groups excluding carboxylic acids is 1. The number of rotatable bonds is 5. The van der Waals surface area contributed by atoms with E-state index in [2.05, 4.69) is 84.9 Å². The highest BCUT2D eigenvalue weighted by Gasteiger charge is 2.57. The zero-order chi connectivity index (χ0) is 22.2. The van der Waals surface area contributed by atoms with E-state index in [4.69, 9.17) is 5.41 Å². The first-order valence-electron chi connectivity index (χ1n) is 11.5. The van der Waals surface area contributed by atoms with E-state index in [1.54, 1.807) is 0 Å². The predicted molar refractivity (Wildman–Crippen MR) is 132 cm³/mol. The molecule has 0 aliphatic heterocycles. The van der Waals surface area contributed by atoms with Crippen molar-refractivity contribution in [2.24, 2.45) is 17.3 Å². The van der Waals surface area contributed by atoms with Crippen molar-refractivity contribution in [3.63, 3.8) is 0 Å². The van der Waals surface area contributed by atoms with Crippen molar-refractivity contribution in [3.8, 4) is 0 Å².